The lowest BCUT2D eigenvalue weighted by Gasteiger charge is -2.18. The highest BCUT2D eigenvalue weighted by Gasteiger charge is 2.19. The van der Waals surface area contributed by atoms with E-state index < -0.39 is 6.10 Å². The molecule has 0 saturated heterocycles. The Bertz CT molecular complexity index is 839. The predicted molar refractivity (Wildman–Crippen MR) is 233 cm³/mol. The first-order valence-corrected chi connectivity index (χ1v) is 24.2. The topological polar surface area (TPSA) is 78.9 Å². The van der Waals surface area contributed by atoms with Gasteiger partial charge < -0.3 is 14.2 Å². The standard InChI is InChI=1S/C49H94O6/c1-6-7-8-9-22-29-34-39-47(50)53-42-46(55-49(52)41-36-31-26-21-17-16-19-24-28-33-38-45(4)5)43-54-48(51)40-35-30-25-20-15-13-11-10-12-14-18-23-27-32-37-44(2)3/h44-46H,6-43H2,1-5H3/t46-/m1/s1. The van der Waals surface area contributed by atoms with Crippen LogP contribution in [0.25, 0.3) is 0 Å². The Kier molecular flexibility index (Phi) is 40.8. The Labute approximate surface area is 342 Å². The van der Waals surface area contributed by atoms with Gasteiger partial charge in [-0.05, 0) is 31.1 Å². The van der Waals surface area contributed by atoms with Gasteiger partial charge in [-0.25, -0.2) is 0 Å². The van der Waals surface area contributed by atoms with Crippen molar-refractivity contribution in [1.82, 2.24) is 0 Å². The number of carbonyl (C=O) groups excluding carboxylic acids is 3. The molecule has 6 nitrogen and oxygen atoms in total. The molecule has 1 atom stereocenters. The molecule has 0 aromatic rings. The van der Waals surface area contributed by atoms with E-state index >= 15 is 0 Å². The van der Waals surface area contributed by atoms with E-state index in [0.29, 0.717) is 19.3 Å². The van der Waals surface area contributed by atoms with Gasteiger partial charge in [-0.15, -0.1) is 0 Å². The minimum absolute atomic E-state index is 0.0646. The van der Waals surface area contributed by atoms with Crippen molar-refractivity contribution in [3.8, 4) is 0 Å². The quantitative estimate of drug-likeness (QED) is 0.0348. The van der Waals surface area contributed by atoms with Gasteiger partial charge in [-0.1, -0.05) is 227 Å². The summed E-state index contributed by atoms with van der Waals surface area (Å²) in [7, 11) is 0. The van der Waals surface area contributed by atoms with E-state index in [2.05, 4.69) is 34.6 Å². The van der Waals surface area contributed by atoms with E-state index in [4.69, 9.17) is 14.2 Å². The second kappa shape index (κ2) is 42.0. The average molecular weight is 779 g/mol. The van der Waals surface area contributed by atoms with Crippen molar-refractivity contribution in [2.75, 3.05) is 13.2 Å². The van der Waals surface area contributed by atoms with Gasteiger partial charge in [0.25, 0.3) is 0 Å². The summed E-state index contributed by atoms with van der Waals surface area (Å²) in [5.41, 5.74) is 0. The molecule has 0 aliphatic carbocycles. The van der Waals surface area contributed by atoms with Crippen LogP contribution in [0.5, 0.6) is 0 Å². The molecular weight excluding hydrogens is 685 g/mol. The number of esters is 3. The molecule has 0 saturated carbocycles. The molecule has 0 amide bonds. The maximum atomic E-state index is 12.7. The van der Waals surface area contributed by atoms with Crippen LogP contribution < -0.4 is 0 Å². The van der Waals surface area contributed by atoms with Gasteiger partial charge in [-0.2, -0.15) is 0 Å². The van der Waals surface area contributed by atoms with Gasteiger partial charge in [-0.3, -0.25) is 14.4 Å². The maximum Gasteiger partial charge on any atom is 0.306 e. The number of unbranched alkanes of at least 4 members (excludes halogenated alkanes) is 28. The zero-order chi connectivity index (χ0) is 40.5. The average Bonchev–Trinajstić information content (AvgIpc) is 3.15. The number of ether oxygens (including phenoxy) is 3. The van der Waals surface area contributed by atoms with Gasteiger partial charge in [0.15, 0.2) is 6.10 Å². The van der Waals surface area contributed by atoms with E-state index in [1.54, 1.807) is 0 Å². The monoisotopic (exact) mass is 779 g/mol. The van der Waals surface area contributed by atoms with Crippen molar-refractivity contribution < 1.29 is 28.6 Å². The Morgan fingerprint density at radius 2 is 0.600 bits per heavy atom. The van der Waals surface area contributed by atoms with Crippen LogP contribution in [0.3, 0.4) is 0 Å². The van der Waals surface area contributed by atoms with E-state index in [-0.39, 0.29) is 31.1 Å². The molecule has 0 fully saturated rings. The van der Waals surface area contributed by atoms with Gasteiger partial charge in [0.1, 0.15) is 13.2 Å². The van der Waals surface area contributed by atoms with Crippen molar-refractivity contribution in [1.29, 1.82) is 0 Å². The Hall–Kier alpha value is -1.59. The van der Waals surface area contributed by atoms with Crippen molar-refractivity contribution in [2.45, 2.75) is 272 Å². The smallest absolute Gasteiger partial charge is 0.306 e. The third-order valence-corrected chi connectivity index (χ3v) is 11.0. The highest BCUT2D eigenvalue weighted by Crippen LogP contribution is 2.17. The highest BCUT2D eigenvalue weighted by atomic mass is 16.6. The second-order valence-electron chi connectivity index (χ2n) is 17.7. The zero-order valence-electron chi connectivity index (χ0n) is 37.6. The summed E-state index contributed by atoms with van der Waals surface area (Å²) in [6, 6.07) is 0. The molecule has 0 radical (unpaired) electrons. The third-order valence-electron chi connectivity index (χ3n) is 11.0. The first-order chi connectivity index (χ1) is 26.7. The molecule has 0 aromatic heterocycles. The highest BCUT2D eigenvalue weighted by molar-refractivity contribution is 5.71. The minimum Gasteiger partial charge on any atom is -0.462 e. The van der Waals surface area contributed by atoms with Crippen LogP contribution in [0.4, 0.5) is 0 Å². The largest absolute Gasteiger partial charge is 0.462 e. The summed E-state index contributed by atoms with van der Waals surface area (Å²) in [6.45, 7) is 11.3. The molecular formula is C49H94O6. The lowest BCUT2D eigenvalue weighted by atomic mass is 10.0. The number of rotatable bonds is 43. The van der Waals surface area contributed by atoms with Crippen LogP contribution in [0.15, 0.2) is 0 Å². The molecule has 0 aromatic carbocycles. The minimum atomic E-state index is -0.760. The van der Waals surface area contributed by atoms with Crippen molar-refractivity contribution in [2.24, 2.45) is 11.8 Å². The second-order valence-corrected chi connectivity index (χ2v) is 17.7. The van der Waals surface area contributed by atoms with Crippen molar-refractivity contribution in [3.63, 3.8) is 0 Å². The number of hydrogen-bond acceptors (Lipinski definition) is 6. The molecule has 0 rings (SSSR count). The molecule has 0 N–H and O–H groups in total. The maximum absolute atomic E-state index is 12.7. The summed E-state index contributed by atoms with van der Waals surface area (Å²) >= 11 is 0. The van der Waals surface area contributed by atoms with Crippen LogP contribution in [0, 0.1) is 11.8 Å². The molecule has 0 bridgehead atoms. The van der Waals surface area contributed by atoms with E-state index in [1.807, 2.05) is 0 Å². The van der Waals surface area contributed by atoms with Crippen LogP contribution in [0.1, 0.15) is 266 Å². The Balaban J connectivity index is 4.22. The van der Waals surface area contributed by atoms with Gasteiger partial charge >= 0.3 is 17.9 Å². The van der Waals surface area contributed by atoms with Crippen molar-refractivity contribution in [3.05, 3.63) is 0 Å². The summed E-state index contributed by atoms with van der Waals surface area (Å²) < 4.78 is 16.7. The Morgan fingerprint density at radius 3 is 0.891 bits per heavy atom. The van der Waals surface area contributed by atoms with Gasteiger partial charge in [0.05, 0.1) is 0 Å². The predicted octanol–water partition coefficient (Wildman–Crippen LogP) is 15.4. The summed E-state index contributed by atoms with van der Waals surface area (Å²) in [4.78, 5) is 37.7. The summed E-state index contributed by atoms with van der Waals surface area (Å²) in [6.07, 6.45) is 41.0. The normalized spacial score (nSPS) is 12.1. The van der Waals surface area contributed by atoms with Crippen LogP contribution in [-0.2, 0) is 28.6 Å². The fourth-order valence-electron chi connectivity index (χ4n) is 7.28. The Morgan fingerprint density at radius 1 is 0.345 bits per heavy atom. The molecule has 0 unspecified atom stereocenters. The first kappa shape index (κ1) is 53.4. The third kappa shape index (κ3) is 43.4. The number of carbonyl (C=O) groups is 3. The van der Waals surface area contributed by atoms with E-state index in [0.717, 1.165) is 69.6 Å². The van der Waals surface area contributed by atoms with Crippen LogP contribution in [-0.4, -0.2) is 37.2 Å². The van der Waals surface area contributed by atoms with Gasteiger partial charge in [0.2, 0.25) is 0 Å². The molecule has 326 valence electrons. The lowest BCUT2D eigenvalue weighted by Crippen LogP contribution is -2.30. The van der Waals surface area contributed by atoms with E-state index in [9.17, 15) is 14.4 Å². The fourth-order valence-corrected chi connectivity index (χ4v) is 7.28. The summed E-state index contributed by atoms with van der Waals surface area (Å²) in [5.74, 6) is 0.802. The molecule has 0 spiro atoms. The molecule has 6 heteroatoms. The molecule has 55 heavy (non-hydrogen) atoms. The molecule has 0 heterocycles. The fraction of sp³-hybridized carbons (Fsp3) is 0.939. The summed E-state index contributed by atoms with van der Waals surface area (Å²) in [5, 5.41) is 0. The SMILES string of the molecule is CCCCCCCCCC(=O)OC[C@H](COC(=O)CCCCCCCCCCCCCCCCC(C)C)OC(=O)CCCCCCCCCCCCC(C)C. The first-order valence-electron chi connectivity index (χ1n) is 24.2. The van der Waals surface area contributed by atoms with E-state index in [1.165, 1.54) is 154 Å². The van der Waals surface area contributed by atoms with Crippen LogP contribution in [0.2, 0.25) is 0 Å². The zero-order valence-corrected chi connectivity index (χ0v) is 37.6. The number of hydrogen-bond donors (Lipinski definition) is 0. The van der Waals surface area contributed by atoms with Crippen molar-refractivity contribution >= 4 is 17.9 Å². The molecule has 0 aliphatic rings. The molecule has 0 aliphatic heterocycles. The lowest BCUT2D eigenvalue weighted by molar-refractivity contribution is -0.167. The van der Waals surface area contributed by atoms with Gasteiger partial charge in [0, 0.05) is 19.3 Å². The van der Waals surface area contributed by atoms with Crippen LogP contribution >= 0.6 is 0 Å².